The molecule has 1 saturated carbocycles. The van der Waals surface area contributed by atoms with Gasteiger partial charge >= 0.3 is 0 Å². The van der Waals surface area contributed by atoms with Gasteiger partial charge in [0.1, 0.15) is 0 Å². The van der Waals surface area contributed by atoms with Gasteiger partial charge in [0.25, 0.3) is 0 Å². The first kappa shape index (κ1) is 15.0. The molecule has 110 valence electrons. The Morgan fingerprint density at radius 2 is 2.15 bits per heavy atom. The van der Waals surface area contributed by atoms with Gasteiger partial charge in [-0.3, -0.25) is 4.79 Å². The van der Waals surface area contributed by atoms with E-state index in [2.05, 4.69) is 12.2 Å². The first-order valence-electron chi connectivity index (χ1n) is 7.60. The molecule has 0 aliphatic heterocycles. The second-order valence-electron chi connectivity index (χ2n) is 6.19. The number of benzene rings is 1. The van der Waals surface area contributed by atoms with Gasteiger partial charge in [0.15, 0.2) is 0 Å². The maximum absolute atomic E-state index is 11.9. The minimum Gasteiger partial charge on any atom is -0.388 e. The number of carbonyl (C=O) groups excluding carboxylic acids is 1. The highest BCUT2D eigenvalue weighted by molar-refractivity contribution is 5.76. The molecule has 3 nitrogen and oxygen atoms in total. The van der Waals surface area contributed by atoms with Crippen LogP contribution in [0.5, 0.6) is 0 Å². The van der Waals surface area contributed by atoms with Gasteiger partial charge in [0, 0.05) is 13.0 Å². The summed E-state index contributed by atoms with van der Waals surface area (Å²) in [4.78, 5) is 11.9. The molecule has 1 fully saturated rings. The molecule has 1 aromatic rings. The third kappa shape index (κ3) is 4.64. The smallest absolute Gasteiger partial charge is 0.220 e. The van der Waals surface area contributed by atoms with Crippen LogP contribution in [0.3, 0.4) is 0 Å². The average molecular weight is 275 g/mol. The maximum Gasteiger partial charge on any atom is 0.220 e. The van der Waals surface area contributed by atoms with Crippen LogP contribution in [-0.4, -0.2) is 23.2 Å². The van der Waals surface area contributed by atoms with E-state index in [0.29, 0.717) is 18.9 Å². The fourth-order valence-corrected chi connectivity index (χ4v) is 3.05. The molecule has 20 heavy (non-hydrogen) atoms. The van der Waals surface area contributed by atoms with Gasteiger partial charge in [0.05, 0.1) is 5.60 Å². The van der Waals surface area contributed by atoms with Gasteiger partial charge < -0.3 is 10.4 Å². The van der Waals surface area contributed by atoms with E-state index >= 15 is 0 Å². The molecule has 1 aliphatic carbocycles. The van der Waals surface area contributed by atoms with Crippen molar-refractivity contribution in [1.82, 2.24) is 5.32 Å². The third-order valence-electron chi connectivity index (χ3n) is 4.17. The summed E-state index contributed by atoms with van der Waals surface area (Å²) in [7, 11) is 0. The van der Waals surface area contributed by atoms with Gasteiger partial charge in [-0.15, -0.1) is 0 Å². The Bertz CT molecular complexity index is 432. The van der Waals surface area contributed by atoms with Crippen molar-refractivity contribution in [2.45, 2.75) is 51.0 Å². The summed E-state index contributed by atoms with van der Waals surface area (Å²) in [6.45, 7) is 2.56. The second-order valence-corrected chi connectivity index (χ2v) is 6.19. The van der Waals surface area contributed by atoms with E-state index in [-0.39, 0.29) is 5.91 Å². The Morgan fingerprint density at radius 1 is 1.40 bits per heavy atom. The van der Waals surface area contributed by atoms with E-state index in [1.165, 1.54) is 12.0 Å². The number of hydrogen-bond acceptors (Lipinski definition) is 2. The Labute approximate surface area is 121 Å². The molecule has 0 saturated heterocycles. The highest BCUT2D eigenvalue weighted by Gasteiger charge is 2.32. The molecule has 2 rings (SSSR count). The normalized spacial score (nSPS) is 26.2. The van der Waals surface area contributed by atoms with Gasteiger partial charge in [-0.25, -0.2) is 0 Å². The van der Waals surface area contributed by atoms with Crippen molar-refractivity contribution in [3.8, 4) is 0 Å². The van der Waals surface area contributed by atoms with Crippen LogP contribution in [0.4, 0.5) is 0 Å². The molecule has 1 amide bonds. The van der Waals surface area contributed by atoms with Crippen molar-refractivity contribution in [3.05, 3.63) is 35.9 Å². The summed E-state index contributed by atoms with van der Waals surface area (Å²) in [5, 5.41) is 13.4. The molecule has 0 bridgehead atoms. The predicted molar refractivity (Wildman–Crippen MR) is 80.4 cm³/mol. The van der Waals surface area contributed by atoms with E-state index in [4.69, 9.17) is 0 Å². The molecule has 1 aliphatic rings. The van der Waals surface area contributed by atoms with E-state index in [1.807, 2.05) is 30.3 Å². The lowest BCUT2D eigenvalue weighted by Gasteiger charge is -2.35. The Kier molecular flexibility index (Phi) is 5.18. The van der Waals surface area contributed by atoms with Gasteiger partial charge in [-0.2, -0.15) is 0 Å². The van der Waals surface area contributed by atoms with E-state index in [9.17, 15) is 9.90 Å². The topological polar surface area (TPSA) is 49.3 Å². The summed E-state index contributed by atoms with van der Waals surface area (Å²) in [5.41, 5.74) is 0.479. The SMILES string of the molecule is CC1CCCC(O)(CNC(=O)CCc2ccccc2)C1. The minimum atomic E-state index is -0.694. The number of aryl methyl sites for hydroxylation is 1. The first-order valence-corrected chi connectivity index (χ1v) is 7.60. The summed E-state index contributed by atoms with van der Waals surface area (Å²) < 4.78 is 0. The zero-order valence-electron chi connectivity index (χ0n) is 12.3. The minimum absolute atomic E-state index is 0.0282. The molecule has 2 N–H and O–H groups in total. The predicted octanol–water partition coefficient (Wildman–Crippen LogP) is 2.68. The summed E-state index contributed by atoms with van der Waals surface area (Å²) in [6, 6.07) is 10.0. The Balaban J connectivity index is 1.72. The Morgan fingerprint density at radius 3 is 2.85 bits per heavy atom. The van der Waals surface area contributed by atoms with E-state index in [0.717, 1.165) is 25.7 Å². The number of aliphatic hydroxyl groups is 1. The monoisotopic (exact) mass is 275 g/mol. The molecule has 1 aromatic carbocycles. The zero-order chi connectivity index (χ0) is 14.4. The average Bonchev–Trinajstić information content (AvgIpc) is 2.44. The van der Waals surface area contributed by atoms with Crippen LogP contribution in [0.2, 0.25) is 0 Å². The fourth-order valence-electron chi connectivity index (χ4n) is 3.05. The number of hydrogen-bond donors (Lipinski definition) is 2. The van der Waals surface area contributed by atoms with Crippen LogP contribution >= 0.6 is 0 Å². The zero-order valence-corrected chi connectivity index (χ0v) is 12.3. The lowest BCUT2D eigenvalue weighted by Crippen LogP contribution is -2.45. The molecule has 0 aromatic heterocycles. The number of carbonyl (C=O) groups is 1. The van der Waals surface area contributed by atoms with Crippen LogP contribution in [0.15, 0.2) is 30.3 Å². The van der Waals surface area contributed by atoms with Crippen molar-refractivity contribution in [2.75, 3.05) is 6.54 Å². The van der Waals surface area contributed by atoms with Crippen molar-refractivity contribution in [2.24, 2.45) is 5.92 Å². The Hall–Kier alpha value is -1.35. The maximum atomic E-state index is 11.9. The van der Waals surface area contributed by atoms with Crippen LogP contribution in [0.1, 0.15) is 44.6 Å². The molecule has 0 spiro atoms. The number of amides is 1. The van der Waals surface area contributed by atoms with Crippen molar-refractivity contribution in [1.29, 1.82) is 0 Å². The van der Waals surface area contributed by atoms with Crippen molar-refractivity contribution >= 4 is 5.91 Å². The van der Waals surface area contributed by atoms with E-state index < -0.39 is 5.60 Å². The summed E-state index contributed by atoms with van der Waals surface area (Å²) >= 11 is 0. The molecule has 3 heteroatoms. The molecule has 0 heterocycles. The quantitative estimate of drug-likeness (QED) is 0.868. The molecular weight excluding hydrogens is 250 g/mol. The molecule has 2 atom stereocenters. The highest BCUT2D eigenvalue weighted by atomic mass is 16.3. The van der Waals surface area contributed by atoms with E-state index in [1.54, 1.807) is 0 Å². The standard InChI is InChI=1S/C17H25NO2/c1-14-6-5-11-17(20,12-14)13-18-16(19)10-9-15-7-3-2-4-8-15/h2-4,7-8,14,20H,5-6,9-13H2,1H3,(H,18,19). The lowest BCUT2D eigenvalue weighted by atomic mass is 9.79. The van der Waals surface area contributed by atoms with Crippen molar-refractivity contribution in [3.63, 3.8) is 0 Å². The largest absolute Gasteiger partial charge is 0.388 e. The summed E-state index contributed by atoms with van der Waals surface area (Å²) in [5.74, 6) is 0.579. The summed E-state index contributed by atoms with van der Waals surface area (Å²) in [6.07, 6.45) is 5.07. The second kappa shape index (κ2) is 6.89. The van der Waals surface area contributed by atoms with Gasteiger partial charge in [-0.1, -0.05) is 50.1 Å². The van der Waals surface area contributed by atoms with Crippen LogP contribution in [-0.2, 0) is 11.2 Å². The van der Waals surface area contributed by atoms with Gasteiger partial charge in [-0.05, 0) is 30.7 Å². The van der Waals surface area contributed by atoms with Crippen molar-refractivity contribution < 1.29 is 9.90 Å². The number of nitrogens with one attached hydrogen (secondary N) is 1. The first-order chi connectivity index (χ1) is 9.57. The third-order valence-corrected chi connectivity index (χ3v) is 4.17. The molecule has 2 unspecified atom stereocenters. The van der Waals surface area contributed by atoms with Crippen LogP contribution in [0.25, 0.3) is 0 Å². The lowest BCUT2D eigenvalue weighted by molar-refractivity contribution is -0.122. The number of rotatable bonds is 5. The van der Waals surface area contributed by atoms with Gasteiger partial charge in [0.2, 0.25) is 5.91 Å². The molecule has 0 radical (unpaired) electrons. The van der Waals surface area contributed by atoms with Crippen LogP contribution < -0.4 is 5.32 Å². The van der Waals surface area contributed by atoms with Crippen LogP contribution in [0, 0.1) is 5.92 Å². The highest BCUT2D eigenvalue weighted by Crippen LogP contribution is 2.31. The fraction of sp³-hybridized carbons (Fsp3) is 0.588. The molecular formula is C17H25NO2.